The predicted octanol–water partition coefficient (Wildman–Crippen LogP) is 5.15. The molecule has 3 rings (SSSR count). The minimum atomic E-state index is -0.310. The zero-order valence-electron chi connectivity index (χ0n) is 17.5. The molecule has 0 unspecified atom stereocenters. The van der Waals surface area contributed by atoms with Crippen molar-refractivity contribution in [1.82, 2.24) is 5.16 Å². The van der Waals surface area contributed by atoms with Crippen LogP contribution < -0.4 is 9.47 Å². The number of benzene rings is 2. The first-order valence-corrected chi connectivity index (χ1v) is 10.5. The van der Waals surface area contributed by atoms with Crippen molar-refractivity contribution in [1.29, 1.82) is 0 Å². The third-order valence-electron chi connectivity index (χ3n) is 4.25. The largest absolute Gasteiger partial charge is 0.493 e. The maximum Gasteiger partial charge on any atom is 0.310 e. The van der Waals surface area contributed by atoms with Crippen molar-refractivity contribution in [2.45, 2.75) is 37.0 Å². The fourth-order valence-electron chi connectivity index (χ4n) is 2.84. The van der Waals surface area contributed by atoms with Crippen LogP contribution in [-0.4, -0.2) is 30.6 Å². The molecule has 1 heterocycles. The second kappa shape index (κ2) is 10.2. The topological polar surface area (TPSA) is 70.8 Å². The standard InChI is InChI=1S/C23H25NO5S/c1-15(2)30-19-8-5-16(6-9-19)11-23(25)28-14-18-13-21(29-24-18)17-7-10-20(26-3)22(12-17)27-4/h5-10,12-13,15H,11,14H2,1-4H3. The lowest BCUT2D eigenvalue weighted by molar-refractivity contribution is -0.144. The van der Waals surface area contributed by atoms with Crippen LogP contribution in [0.3, 0.4) is 0 Å². The lowest BCUT2D eigenvalue weighted by atomic mass is 10.1. The van der Waals surface area contributed by atoms with Gasteiger partial charge in [0, 0.05) is 21.8 Å². The number of carbonyl (C=O) groups excluding carboxylic acids is 1. The van der Waals surface area contributed by atoms with Crippen LogP contribution >= 0.6 is 11.8 Å². The Kier molecular flexibility index (Phi) is 7.41. The number of hydrogen-bond acceptors (Lipinski definition) is 7. The Labute approximate surface area is 180 Å². The van der Waals surface area contributed by atoms with E-state index in [-0.39, 0.29) is 19.0 Å². The predicted molar refractivity (Wildman–Crippen MR) is 116 cm³/mol. The number of ether oxygens (including phenoxy) is 3. The van der Waals surface area contributed by atoms with Gasteiger partial charge in [0.15, 0.2) is 17.3 Å². The Morgan fingerprint density at radius 3 is 2.43 bits per heavy atom. The molecule has 0 spiro atoms. The molecule has 0 saturated heterocycles. The van der Waals surface area contributed by atoms with Gasteiger partial charge in [-0.1, -0.05) is 31.1 Å². The highest BCUT2D eigenvalue weighted by Crippen LogP contribution is 2.32. The summed E-state index contributed by atoms with van der Waals surface area (Å²) in [4.78, 5) is 13.4. The summed E-state index contributed by atoms with van der Waals surface area (Å²) in [5.74, 6) is 1.47. The molecule has 0 fully saturated rings. The normalized spacial score (nSPS) is 10.8. The van der Waals surface area contributed by atoms with Crippen molar-refractivity contribution in [2.75, 3.05) is 14.2 Å². The Morgan fingerprint density at radius 2 is 1.77 bits per heavy atom. The van der Waals surface area contributed by atoms with Crippen molar-refractivity contribution in [3.8, 4) is 22.8 Å². The van der Waals surface area contributed by atoms with E-state index in [2.05, 4.69) is 19.0 Å². The molecular weight excluding hydrogens is 402 g/mol. The first kappa shape index (κ1) is 21.8. The zero-order chi connectivity index (χ0) is 21.5. The summed E-state index contributed by atoms with van der Waals surface area (Å²) in [5.41, 5.74) is 2.24. The van der Waals surface area contributed by atoms with E-state index in [0.29, 0.717) is 28.2 Å². The molecule has 0 radical (unpaired) electrons. The Morgan fingerprint density at radius 1 is 1.03 bits per heavy atom. The van der Waals surface area contributed by atoms with Crippen molar-refractivity contribution >= 4 is 17.7 Å². The van der Waals surface area contributed by atoms with Crippen LogP contribution in [0, 0.1) is 0 Å². The molecule has 1 aromatic heterocycles. The number of carbonyl (C=O) groups is 1. The highest BCUT2D eigenvalue weighted by molar-refractivity contribution is 7.99. The molecule has 0 N–H and O–H groups in total. The molecule has 7 heteroatoms. The highest BCUT2D eigenvalue weighted by atomic mass is 32.2. The van der Waals surface area contributed by atoms with Crippen LogP contribution in [0.25, 0.3) is 11.3 Å². The number of aromatic nitrogens is 1. The molecule has 0 atom stereocenters. The van der Waals surface area contributed by atoms with E-state index in [0.717, 1.165) is 11.1 Å². The quantitative estimate of drug-likeness (QED) is 0.346. The molecule has 0 aliphatic carbocycles. The minimum Gasteiger partial charge on any atom is -0.493 e. The maximum atomic E-state index is 12.2. The molecule has 0 aliphatic rings. The SMILES string of the molecule is COc1ccc(-c2cc(COC(=O)Cc3ccc(SC(C)C)cc3)no2)cc1OC. The van der Waals surface area contributed by atoms with Crippen LogP contribution in [0.2, 0.25) is 0 Å². The fourth-order valence-corrected chi connectivity index (χ4v) is 3.67. The molecule has 0 aliphatic heterocycles. The van der Waals surface area contributed by atoms with Crippen LogP contribution in [0.5, 0.6) is 11.5 Å². The molecule has 30 heavy (non-hydrogen) atoms. The van der Waals surface area contributed by atoms with Gasteiger partial charge >= 0.3 is 5.97 Å². The Hall–Kier alpha value is -2.93. The lowest BCUT2D eigenvalue weighted by Gasteiger charge is -2.07. The molecule has 2 aromatic carbocycles. The highest BCUT2D eigenvalue weighted by Gasteiger charge is 2.13. The molecule has 0 saturated carbocycles. The van der Waals surface area contributed by atoms with Gasteiger partial charge in [0.05, 0.1) is 20.6 Å². The minimum absolute atomic E-state index is 0.0525. The van der Waals surface area contributed by atoms with Gasteiger partial charge in [0.25, 0.3) is 0 Å². The first-order chi connectivity index (χ1) is 14.5. The summed E-state index contributed by atoms with van der Waals surface area (Å²) in [6.07, 6.45) is 0.215. The molecule has 0 amide bonds. The summed E-state index contributed by atoms with van der Waals surface area (Å²) in [7, 11) is 3.15. The van der Waals surface area contributed by atoms with E-state index >= 15 is 0 Å². The van der Waals surface area contributed by atoms with E-state index in [4.69, 9.17) is 18.7 Å². The summed E-state index contributed by atoms with van der Waals surface area (Å²) in [6, 6.07) is 15.2. The molecular formula is C23H25NO5S. The fraction of sp³-hybridized carbons (Fsp3) is 0.304. The molecule has 3 aromatic rings. The smallest absolute Gasteiger partial charge is 0.310 e. The van der Waals surface area contributed by atoms with E-state index in [1.54, 1.807) is 44.2 Å². The van der Waals surface area contributed by atoms with Crippen LogP contribution in [0.15, 0.2) is 57.9 Å². The number of hydrogen-bond donors (Lipinski definition) is 0. The third-order valence-corrected chi connectivity index (χ3v) is 5.27. The van der Waals surface area contributed by atoms with Crippen molar-refractivity contribution < 1.29 is 23.5 Å². The number of thioether (sulfide) groups is 1. The van der Waals surface area contributed by atoms with Gasteiger partial charge in [0.1, 0.15) is 12.3 Å². The van der Waals surface area contributed by atoms with Crippen LogP contribution in [-0.2, 0) is 22.6 Å². The molecule has 158 valence electrons. The van der Waals surface area contributed by atoms with Crippen molar-refractivity contribution in [2.24, 2.45) is 0 Å². The molecule has 6 nitrogen and oxygen atoms in total. The first-order valence-electron chi connectivity index (χ1n) is 9.57. The Bertz CT molecular complexity index is 982. The zero-order valence-corrected chi connectivity index (χ0v) is 18.3. The maximum absolute atomic E-state index is 12.2. The number of rotatable bonds is 9. The van der Waals surface area contributed by atoms with Gasteiger partial charge in [-0.05, 0) is 35.9 Å². The number of esters is 1. The van der Waals surface area contributed by atoms with E-state index < -0.39 is 0 Å². The van der Waals surface area contributed by atoms with Crippen LogP contribution in [0.4, 0.5) is 0 Å². The average molecular weight is 428 g/mol. The van der Waals surface area contributed by atoms with Gasteiger partial charge in [-0.25, -0.2) is 0 Å². The summed E-state index contributed by atoms with van der Waals surface area (Å²) in [5, 5.41) is 4.50. The summed E-state index contributed by atoms with van der Waals surface area (Å²) >= 11 is 1.79. The number of methoxy groups -OCH3 is 2. The van der Waals surface area contributed by atoms with Crippen LogP contribution in [0.1, 0.15) is 25.1 Å². The average Bonchev–Trinajstić information content (AvgIpc) is 3.22. The second-order valence-electron chi connectivity index (χ2n) is 6.90. The van der Waals surface area contributed by atoms with Crippen molar-refractivity contribution in [3.63, 3.8) is 0 Å². The van der Waals surface area contributed by atoms with E-state index in [1.165, 1.54) is 4.90 Å². The van der Waals surface area contributed by atoms with Gasteiger partial charge in [-0.3, -0.25) is 4.79 Å². The van der Waals surface area contributed by atoms with E-state index in [1.807, 2.05) is 30.3 Å². The second-order valence-corrected chi connectivity index (χ2v) is 8.55. The summed E-state index contributed by atoms with van der Waals surface area (Å²) in [6.45, 7) is 4.35. The molecule has 0 bridgehead atoms. The summed E-state index contributed by atoms with van der Waals surface area (Å²) < 4.78 is 21.3. The third kappa shape index (κ3) is 5.79. The van der Waals surface area contributed by atoms with Gasteiger partial charge in [-0.2, -0.15) is 0 Å². The van der Waals surface area contributed by atoms with Gasteiger partial charge in [0.2, 0.25) is 0 Å². The lowest BCUT2D eigenvalue weighted by Crippen LogP contribution is -2.08. The van der Waals surface area contributed by atoms with Crippen molar-refractivity contribution in [3.05, 3.63) is 59.8 Å². The van der Waals surface area contributed by atoms with E-state index in [9.17, 15) is 4.79 Å². The number of nitrogens with zero attached hydrogens (tertiary/aromatic N) is 1. The monoisotopic (exact) mass is 427 g/mol. The Balaban J connectivity index is 1.55. The van der Waals surface area contributed by atoms with Gasteiger partial charge in [-0.15, -0.1) is 11.8 Å². The van der Waals surface area contributed by atoms with Gasteiger partial charge < -0.3 is 18.7 Å².